The normalized spacial score (nSPS) is 13.3. The number of methoxy groups -OCH3 is 1. The van der Waals surface area contributed by atoms with Gasteiger partial charge in [-0.05, 0) is 24.1 Å². The molecular formula is C14H19ClN4O3S. The molecule has 0 radical (unpaired) electrons. The molecule has 1 atom stereocenters. The first kappa shape index (κ1) is 17.7. The molecule has 0 saturated heterocycles. The number of hydrogen-bond acceptors (Lipinski definition) is 5. The first-order chi connectivity index (χ1) is 10.8. The van der Waals surface area contributed by atoms with Crippen LogP contribution in [0, 0.1) is 5.92 Å². The molecule has 1 aromatic heterocycles. The zero-order valence-corrected chi connectivity index (χ0v) is 14.7. The predicted octanol–water partition coefficient (Wildman–Crippen LogP) is 1.94. The van der Waals surface area contributed by atoms with Gasteiger partial charge in [-0.3, -0.25) is 0 Å². The highest BCUT2D eigenvalue weighted by Gasteiger charge is 2.24. The van der Waals surface area contributed by atoms with Crippen LogP contribution in [0.5, 0.6) is 5.75 Å². The summed E-state index contributed by atoms with van der Waals surface area (Å²) in [6.45, 7) is 4.20. The SMILES string of the molecule is COc1ccc(S(=O)(=O)NC(Cn2nccn2)C(C)C)cc1Cl. The van der Waals surface area contributed by atoms with Gasteiger partial charge in [-0.15, -0.1) is 0 Å². The van der Waals surface area contributed by atoms with Gasteiger partial charge in [0, 0.05) is 6.04 Å². The molecular weight excluding hydrogens is 340 g/mol. The number of nitrogens with zero attached hydrogens (tertiary/aromatic N) is 3. The molecule has 2 aromatic rings. The van der Waals surface area contributed by atoms with Crippen molar-refractivity contribution in [3.05, 3.63) is 35.6 Å². The average Bonchev–Trinajstić information content (AvgIpc) is 2.99. The van der Waals surface area contributed by atoms with Crippen LogP contribution in [0.4, 0.5) is 0 Å². The molecule has 0 aliphatic rings. The maximum absolute atomic E-state index is 12.6. The van der Waals surface area contributed by atoms with Gasteiger partial charge in [-0.2, -0.15) is 15.0 Å². The fraction of sp³-hybridized carbons (Fsp3) is 0.429. The number of ether oxygens (including phenoxy) is 1. The van der Waals surface area contributed by atoms with Gasteiger partial charge in [0.2, 0.25) is 10.0 Å². The summed E-state index contributed by atoms with van der Waals surface area (Å²) in [6, 6.07) is 3.99. The van der Waals surface area contributed by atoms with Crippen molar-refractivity contribution in [3.63, 3.8) is 0 Å². The molecule has 23 heavy (non-hydrogen) atoms. The Balaban J connectivity index is 2.22. The topological polar surface area (TPSA) is 86.1 Å². The zero-order valence-electron chi connectivity index (χ0n) is 13.1. The van der Waals surface area contributed by atoms with E-state index in [1.807, 2.05) is 13.8 Å². The van der Waals surface area contributed by atoms with Crippen molar-refractivity contribution in [2.24, 2.45) is 5.92 Å². The largest absolute Gasteiger partial charge is 0.495 e. The maximum Gasteiger partial charge on any atom is 0.240 e. The van der Waals surface area contributed by atoms with Crippen molar-refractivity contribution in [2.45, 2.75) is 31.3 Å². The molecule has 0 saturated carbocycles. The summed E-state index contributed by atoms with van der Waals surface area (Å²) in [5, 5.41) is 8.26. The Morgan fingerprint density at radius 3 is 2.48 bits per heavy atom. The maximum atomic E-state index is 12.6. The van der Waals surface area contributed by atoms with E-state index in [9.17, 15) is 8.42 Å². The van der Waals surface area contributed by atoms with Gasteiger partial charge in [0.25, 0.3) is 0 Å². The summed E-state index contributed by atoms with van der Waals surface area (Å²) in [5.74, 6) is 0.483. The lowest BCUT2D eigenvalue weighted by atomic mass is 10.1. The summed E-state index contributed by atoms with van der Waals surface area (Å²) in [6.07, 6.45) is 3.10. The highest BCUT2D eigenvalue weighted by molar-refractivity contribution is 7.89. The summed E-state index contributed by atoms with van der Waals surface area (Å²) in [4.78, 5) is 1.54. The molecule has 0 spiro atoms. The lowest BCUT2D eigenvalue weighted by Gasteiger charge is -2.21. The highest BCUT2D eigenvalue weighted by Crippen LogP contribution is 2.27. The summed E-state index contributed by atoms with van der Waals surface area (Å²) in [5.41, 5.74) is 0. The quantitative estimate of drug-likeness (QED) is 0.817. The third kappa shape index (κ3) is 4.43. The van der Waals surface area contributed by atoms with Crippen LogP contribution < -0.4 is 9.46 Å². The molecule has 1 heterocycles. The van der Waals surface area contributed by atoms with Gasteiger partial charge in [-0.1, -0.05) is 25.4 Å². The van der Waals surface area contributed by atoms with Gasteiger partial charge in [-0.25, -0.2) is 13.1 Å². The molecule has 1 unspecified atom stereocenters. The Bertz CT molecular complexity index is 747. The second-order valence-corrected chi connectivity index (χ2v) is 7.47. The second kappa shape index (κ2) is 7.29. The minimum atomic E-state index is -3.71. The Hall–Kier alpha value is -1.64. The Morgan fingerprint density at radius 1 is 1.30 bits per heavy atom. The van der Waals surface area contributed by atoms with Crippen molar-refractivity contribution in [1.29, 1.82) is 0 Å². The summed E-state index contributed by atoms with van der Waals surface area (Å²) >= 11 is 6.01. The Labute approximate surface area is 140 Å². The van der Waals surface area contributed by atoms with E-state index in [2.05, 4.69) is 14.9 Å². The molecule has 1 aromatic carbocycles. The first-order valence-corrected chi connectivity index (χ1v) is 8.89. The van der Waals surface area contributed by atoms with Crippen LogP contribution in [0.2, 0.25) is 5.02 Å². The third-order valence-electron chi connectivity index (χ3n) is 3.37. The van der Waals surface area contributed by atoms with E-state index < -0.39 is 10.0 Å². The van der Waals surface area contributed by atoms with E-state index >= 15 is 0 Å². The fourth-order valence-corrected chi connectivity index (χ4v) is 3.70. The van der Waals surface area contributed by atoms with Crippen LogP contribution in [0.15, 0.2) is 35.5 Å². The molecule has 126 valence electrons. The van der Waals surface area contributed by atoms with Crippen LogP contribution in [-0.2, 0) is 16.6 Å². The first-order valence-electron chi connectivity index (χ1n) is 7.03. The third-order valence-corrected chi connectivity index (χ3v) is 5.15. The number of halogens is 1. The average molecular weight is 359 g/mol. The molecule has 9 heteroatoms. The van der Waals surface area contributed by atoms with E-state index in [1.165, 1.54) is 30.1 Å². The molecule has 2 rings (SSSR count). The predicted molar refractivity (Wildman–Crippen MR) is 87.0 cm³/mol. The lowest BCUT2D eigenvalue weighted by Crippen LogP contribution is -2.41. The van der Waals surface area contributed by atoms with Gasteiger partial charge < -0.3 is 4.74 Å². The number of hydrogen-bond donors (Lipinski definition) is 1. The summed E-state index contributed by atoms with van der Waals surface area (Å²) < 4.78 is 32.9. The second-order valence-electron chi connectivity index (χ2n) is 5.35. The van der Waals surface area contributed by atoms with Crippen LogP contribution >= 0.6 is 11.6 Å². The number of aromatic nitrogens is 3. The van der Waals surface area contributed by atoms with E-state index in [0.29, 0.717) is 12.3 Å². The van der Waals surface area contributed by atoms with E-state index in [0.717, 1.165) is 0 Å². The van der Waals surface area contributed by atoms with E-state index in [-0.39, 0.29) is 21.9 Å². The Kier molecular flexibility index (Phi) is 5.61. The number of rotatable bonds is 7. The number of sulfonamides is 1. The van der Waals surface area contributed by atoms with E-state index in [4.69, 9.17) is 16.3 Å². The van der Waals surface area contributed by atoms with Gasteiger partial charge in [0.05, 0.1) is 36.0 Å². The highest BCUT2D eigenvalue weighted by atomic mass is 35.5. The number of benzene rings is 1. The molecule has 0 bridgehead atoms. The Morgan fingerprint density at radius 2 is 1.96 bits per heavy atom. The van der Waals surface area contributed by atoms with Crippen molar-refractivity contribution < 1.29 is 13.2 Å². The standard InChI is InChI=1S/C14H19ClN4O3S/c1-10(2)13(9-19-16-6-7-17-19)18-23(20,21)11-4-5-14(22-3)12(15)8-11/h4-8,10,13,18H,9H2,1-3H3. The van der Waals surface area contributed by atoms with Gasteiger partial charge in [0.15, 0.2) is 0 Å². The monoisotopic (exact) mass is 358 g/mol. The van der Waals surface area contributed by atoms with E-state index in [1.54, 1.807) is 12.4 Å². The molecule has 0 fully saturated rings. The minimum absolute atomic E-state index is 0.0597. The van der Waals surface area contributed by atoms with Crippen LogP contribution in [0.1, 0.15) is 13.8 Å². The van der Waals surface area contributed by atoms with Crippen LogP contribution in [0.25, 0.3) is 0 Å². The minimum Gasteiger partial charge on any atom is -0.495 e. The van der Waals surface area contributed by atoms with Crippen LogP contribution in [0.3, 0.4) is 0 Å². The van der Waals surface area contributed by atoms with Crippen molar-refractivity contribution in [2.75, 3.05) is 7.11 Å². The lowest BCUT2D eigenvalue weighted by molar-refractivity contribution is 0.361. The summed E-state index contributed by atoms with van der Waals surface area (Å²) in [7, 11) is -2.24. The molecule has 0 aliphatic carbocycles. The smallest absolute Gasteiger partial charge is 0.240 e. The molecule has 0 amide bonds. The number of nitrogens with one attached hydrogen (secondary N) is 1. The molecule has 7 nitrogen and oxygen atoms in total. The fourth-order valence-electron chi connectivity index (χ4n) is 1.98. The van der Waals surface area contributed by atoms with Crippen molar-refractivity contribution >= 4 is 21.6 Å². The van der Waals surface area contributed by atoms with Gasteiger partial charge in [0.1, 0.15) is 5.75 Å². The molecule has 0 aliphatic heterocycles. The molecule has 1 N–H and O–H groups in total. The van der Waals surface area contributed by atoms with Crippen LogP contribution in [-0.4, -0.2) is 36.6 Å². The zero-order chi connectivity index (χ0) is 17.0. The van der Waals surface area contributed by atoms with Crippen molar-refractivity contribution in [1.82, 2.24) is 19.7 Å². The van der Waals surface area contributed by atoms with Crippen molar-refractivity contribution in [3.8, 4) is 5.75 Å². The van der Waals surface area contributed by atoms with Gasteiger partial charge >= 0.3 is 0 Å².